The molecule has 0 saturated heterocycles. The quantitative estimate of drug-likeness (QED) is 0.441. The molecule has 4 N–H and O–H groups in total. The Bertz CT molecular complexity index is 588. The highest BCUT2D eigenvalue weighted by Crippen LogP contribution is 2.40. The van der Waals surface area contributed by atoms with Crippen LogP contribution in [0.1, 0.15) is 75.0 Å². The molecule has 1 aliphatic carbocycles. The van der Waals surface area contributed by atoms with E-state index in [1.54, 1.807) is 0 Å². The number of hydrogen-bond acceptors (Lipinski definition) is 4. The summed E-state index contributed by atoms with van der Waals surface area (Å²) in [5, 5.41) is 39.8. The van der Waals surface area contributed by atoms with Crippen molar-refractivity contribution < 1.29 is 25.2 Å². The number of aliphatic carboxylic acids is 1. The van der Waals surface area contributed by atoms with Gasteiger partial charge in [0.25, 0.3) is 0 Å². The summed E-state index contributed by atoms with van der Waals surface area (Å²) in [5.74, 6) is -0.681. The third-order valence-corrected chi connectivity index (χ3v) is 5.90. The Morgan fingerprint density at radius 1 is 1.07 bits per heavy atom. The first-order valence-corrected chi connectivity index (χ1v) is 10.2. The molecule has 5 unspecified atom stereocenters. The number of benzene rings is 1. The first-order chi connectivity index (χ1) is 12.9. The summed E-state index contributed by atoms with van der Waals surface area (Å²) in [6.45, 7) is 2.00. The molecule has 0 heterocycles. The van der Waals surface area contributed by atoms with Crippen LogP contribution >= 0.6 is 0 Å². The van der Waals surface area contributed by atoms with E-state index in [0.29, 0.717) is 25.7 Å². The van der Waals surface area contributed by atoms with Gasteiger partial charge < -0.3 is 20.4 Å². The van der Waals surface area contributed by atoms with E-state index in [9.17, 15) is 20.1 Å². The molecule has 1 aliphatic rings. The van der Waals surface area contributed by atoms with Crippen LogP contribution < -0.4 is 0 Å². The maximum Gasteiger partial charge on any atom is 0.303 e. The molecule has 0 amide bonds. The minimum Gasteiger partial charge on any atom is -0.481 e. The van der Waals surface area contributed by atoms with Crippen molar-refractivity contribution in [2.45, 2.75) is 83.0 Å². The minimum atomic E-state index is -0.753. The molecule has 0 aliphatic heterocycles. The molecule has 1 saturated carbocycles. The smallest absolute Gasteiger partial charge is 0.303 e. The number of carboxylic acid groups (broad SMARTS) is 1. The number of unbranched alkanes of at least 4 members (excludes halogenated alkanes) is 3. The van der Waals surface area contributed by atoms with Gasteiger partial charge in [0.2, 0.25) is 0 Å². The van der Waals surface area contributed by atoms with Gasteiger partial charge in [-0.15, -0.1) is 0 Å². The number of hydrogen-bond donors (Lipinski definition) is 4. The third kappa shape index (κ3) is 6.91. The van der Waals surface area contributed by atoms with Crippen LogP contribution in [0.3, 0.4) is 0 Å². The second-order valence-corrected chi connectivity index (χ2v) is 8.05. The Balaban J connectivity index is 1.79. The lowest BCUT2D eigenvalue weighted by atomic mass is 9.84. The average Bonchev–Trinajstić information content (AvgIpc) is 2.88. The number of carboxylic acids is 1. The zero-order chi connectivity index (χ0) is 19.8. The van der Waals surface area contributed by atoms with Crippen LogP contribution in [-0.4, -0.2) is 38.6 Å². The van der Waals surface area contributed by atoms with Gasteiger partial charge in [-0.1, -0.05) is 49.1 Å². The lowest BCUT2D eigenvalue weighted by Crippen LogP contribution is -2.23. The van der Waals surface area contributed by atoms with Crippen molar-refractivity contribution in [1.29, 1.82) is 0 Å². The predicted molar refractivity (Wildman–Crippen MR) is 104 cm³/mol. The molecule has 0 radical (unpaired) electrons. The standard InChI is InChI=1S/C22H34O5/c1-15-7-6-8-16(13-15)19(23)12-11-18-17(20(24)14-21(18)25)9-4-2-3-5-10-22(26)27/h6-8,13,17-21,23-25H,2-5,9-12,14H2,1H3,(H,26,27). The van der Waals surface area contributed by atoms with Crippen molar-refractivity contribution in [3.63, 3.8) is 0 Å². The first-order valence-electron chi connectivity index (χ1n) is 10.2. The molecule has 1 fully saturated rings. The van der Waals surface area contributed by atoms with Gasteiger partial charge in [0.1, 0.15) is 0 Å². The van der Waals surface area contributed by atoms with Gasteiger partial charge in [-0.05, 0) is 56.4 Å². The van der Waals surface area contributed by atoms with E-state index in [4.69, 9.17) is 5.11 Å². The summed E-state index contributed by atoms with van der Waals surface area (Å²) in [6, 6.07) is 7.85. The minimum absolute atomic E-state index is 0.0125. The van der Waals surface area contributed by atoms with Crippen molar-refractivity contribution >= 4 is 5.97 Å². The summed E-state index contributed by atoms with van der Waals surface area (Å²) in [7, 11) is 0. The summed E-state index contributed by atoms with van der Waals surface area (Å²) in [6.07, 6.45) is 4.65. The van der Waals surface area contributed by atoms with Crippen molar-refractivity contribution in [3.05, 3.63) is 35.4 Å². The van der Waals surface area contributed by atoms with E-state index in [0.717, 1.165) is 36.8 Å². The number of carbonyl (C=O) groups is 1. The second kappa shape index (κ2) is 10.8. The van der Waals surface area contributed by atoms with E-state index < -0.39 is 24.3 Å². The highest BCUT2D eigenvalue weighted by atomic mass is 16.4. The average molecular weight is 379 g/mol. The molecular weight excluding hydrogens is 344 g/mol. The molecule has 5 atom stereocenters. The molecule has 152 valence electrons. The van der Waals surface area contributed by atoms with Gasteiger partial charge in [-0.25, -0.2) is 0 Å². The van der Waals surface area contributed by atoms with E-state index in [1.165, 1.54) is 0 Å². The van der Waals surface area contributed by atoms with Crippen LogP contribution in [0.15, 0.2) is 24.3 Å². The Hall–Kier alpha value is -1.43. The van der Waals surface area contributed by atoms with Gasteiger partial charge in [0.15, 0.2) is 0 Å². The third-order valence-electron chi connectivity index (χ3n) is 5.90. The van der Waals surface area contributed by atoms with Crippen LogP contribution in [0.2, 0.25) is 0 Å². The normalized spacial score (nSPS) is 26.2. The van der Waals surface area contributed by atoms with E-state index in [1.807, 2.05) is 31.2 Å². The first kappa shape index (κ1) is 21.9. The van der Waals surface area contributed by atoms with Crippen molar-refractivity contribution in [2.75, 3.05) is 0 Å². The highest BCUT2D eigenvalue weighted by molar-refractivity contribution is 5.66. The lowest BCUT2D eigenvalue weighted by molar-refractivity contribution is -0.137. The zero-order valence-electron chi connectivity index (χ0n) is 16.3. The summed E-state index contributed by atoms with van der Waals surface area (Å²) in [4.78, 5) is 10.5. The van der Waals surface area contributed by atoms with Gasteiger partial charge in [0, 0.05) is 6.42 Å². The fourth-order valence-electron chi connectivity index (χ4n) is 4.38. The molecule has 0 bridgehead atoms. The Labute approximate surface area is 162 Å². The van der Waals surface area contributed by atoms with Crippen molar-refractivity contribution in [1.82, 2.24) is 0 Å². The zero-order valence-corrected chi connectivity index (χ0v) is 16.3. The highest BCUT2D eigenvalue weighted by Gasteiger charge is 2.40. The van der Waals surface area contributed by atoms with Crippen molar-refractivity contribution in [3.8, 4) is 0 Å². The van der Waals surface area contributed by atoms with Gasteiger partial charge >= 0.3 is 5.97 Å². The molecule has 0 spiro atoms. The predicted octanol–water partition coefficient (Wildman–Crippen LogP) is 3.59. The molecule has 1 aromatic carbocycles. The Morgan fingerprint density at radius 3 is 2.41 bits per heavy atom. The summed E-state index contributed by atoms with van der Waals surface area (Å²) < 4.78 is 0. The fourth-order valence-corrected chi connectivity index (χ4v) is 4.38. The molecule has 0 aromatic heterocycles. The number of aliphatic hydroxyl groups is 3. The van der Waals surface area contributed by atoms with E-state index >= 15 is 0 Å². The fraction of sp³-hybridized carbons (Fsp3) is 0.682. The maximum atomic E-state index is 10.5. The Morgan fingerprint density at radius 2 is 1.74 bits per heavy atom. The summed E-state index contributed by atoms with van der Waals surface area (Å²) in [5.41, 5.74) is 2.02. The molecule has 27 heavy (non-hydrogen) atoms. The molecule has 2 rings (SSSR count). The van der Waals surface area contributed by atoms with Gasteiger partial charge in [0.05, 0.1) is 18.3 Å². The maximum absolute atomic E-state index is 10.5. The summed E-state index contributed by atoms with van der Waals surface area (Å²) >= 11 is 0. The molecule has 5 nitrogen and oxygen atoms in total. The number of aryl methyl sites for hydroxylation is 1. The Kier molecular flexibility index (Phi) is 8.74. The topological polar surface area (TPSA) is 98.0 Å². The molecule has 1 aromatic rings. The lowest BCUT2D eigenvalue weighted by Gasteiger charge is -2.24. The number of aliphatic hydroxyl groups excluding tert-OH is 3. The van der Waals surface area contributed by atoms with Crippen molar-refractivity contribution in [2.24, 2.45) is 11.8 Å². The van der Waals surface area contributed by atoms with E-state index in [2.05, 4.69) is 0 Å². The van der Waals surface area contributed by atoms with Crippen LogP contribution in [0, 0.1) is 18.8 Å². The van der Waals surface area contributed by atoms with Crippen LogP contribution in [0.25, 0.3) is 0 Å². The SMILES string of the molecule is Cc1cccc(C(O)CCC2C(O)CC(O)C2CCCCCCC(=O)O)c1. The van der Waals surface area contributed by atoms with Gasteiger partial charge in [-0.2, -0.15) is 0 Å². The van der Waals surface area contributed by atoms with Gasteiger partial charge in [-0.3, -0.25) is 4.79 Å². The largest absolute Gasteiger partial charge is 0.481 e. The van der Waals surface area contributed by atoms with E-state index in [-0.39, 0.29) is 18.3 Å². The van der Waals surface area contributed by atoms with Crippen LogP contribution in [0.4, 0.5) is 0 Å². The second-order valence-electron chi connectivity index (χ2n) is 8.05. The monoisotopic (exact) mass is 378 g/mol. The van der Waals surface area contributed by atoms with Crippen LogP contribution in [0.5, 0.6) is 0 Å². The van der Waals surface area contributed by atoms with Crippen LogP contribution in [-0.2, 0) is 4.79 Å². The number of rotatable bonds is 11. The molecule has 5 heteroatoms. The molecular formula is C22H34O5.